The predicted molar refractivity (Wildman–Crippen MR) is 197 cm³/mol. The molecule has 0 spiro atoms. The molecule has 274 valence electrons. The lowest BCUT2D eigenvalue weighted by molar-refractivity contribution is -0.136. The lowest BCUT2D eigenvalue weighted by Crippen LogP contribution is -2.53. The van der Waals surface area contributed by atoms with E-state index in [0.29, 0.717) is 6.42 Å². The van der Waals surface area contributed by atoms with Gasteiger partial charge in [0.1, 0.15) is 12.1 Å². The fraction of sp³-hybridized carbons (Fsp3) is 0.385. The van der Waals surface area contributed by atoms with Gasteiger partial charge in [-0.1, -0.05) is 105 Å². The van der Waals surface area contributed by atoms with Gasteiger partial charge in [-0.05, 0) is 64.0 Å². The summed E-state index contributed by atoms with van der Waals surface area (Å²) in [7, 11) is 5.25. The van der Waals surface area contributed by atoms with Gasteiger partial charge in [-0.15, -0.1) is 0 Å². The summed E-state index contributed by atoms with van der Waals surface area (Å²) in [5, 5.41) is 12.9. The molecular weight excluding hydrogens is 648 g/mol. The van der Waals surface area contributed by atoms with E-state index in [-0.39, 0.29) is 36.5 Å². The van der Waals surface area contributed by atoms with E-state index in [2.05, 4.69) is 26.6 Å². The van der Waals surface area contributed by atoms with Crippen molar-refractivity contribution in [3.63, 3.8) is 0 Å². The lowest BCUT2D eigenvalue weighted by atomic mass is 10.0. The van der Waals surface area contributed by atoms with Gasteiger partial charge >= 0.3 is 0 Å². The third-order valence-corrected chi connectivity index (χ3v) is 7.85. The summed E-state index contributed by atoms with van der Waals surface area (Å²) in [6, 6.07) is 25.5. The van der Waals surface area contributed by atoms with E-state index < -0.39 is 41.9 Å². The summed E-state index contributed by atoms with van der Waals surface area (Å²) in [5.74, 6) is -2.28. The van der Waals surface area contributed by atoms with E-state index in [9.17, 15) is 28.8 Å². The number of nitrogens with zero attached hydrogens (tertiary/aromatic N) is 1. The van der Waals surface area contributed by atoms with Crippen LogP contribution in [0.2, 0.25) is 0 Å². The second kappa shape index (κ2) is 21.8. The first-order valence-electron chi connectivity index (χ1n) is 16.9. The molecule has 4 atom stereocenters. The van der Waals surface area contributed by atoms with Crippen LogP contribution in [0.15, 0.2) is 91.0 Å². The third kappa shape index (κ3) is 15.5. The molecule has 0 saturated heterocycles. The molecule has 0 fully saturated rings. The van der Waals surface area contributed by atoms with Crippen LogP contribution in [0.3, 0.4) is 0 Å². The molecular formula is C39H52N6O6. The van der Waals surface area contributed by atoms with Crippen molar-refractivity contribution in [2.24, 2.45) is 5.92 Å². The number of likely N-dealkylation sites (N-methyl/N-ethyl adjacent to an activating group) is 2. The van der Waals surface area contributed by atoms with Crippen molar-refractivity contribution < 1.29 is 28.8 Å². The minimum Gasteiger partial charge on any atom is -0.344 e. The Hall–Kier alpha value is -5.20. The molecule has 0 aliphatic carbocycles. The van der Waals surface area contributed by atoms with Gasteiger partial charge in [-0.2, -0.15) is 0 Å². The maximum atomic E-state index is 12.4. The lowest BCUT2D eigenvalue weighted by Gasteiger charge is -2.26. The van der Waals surface area contributed by atoms with Crippen molar-refractivity contribution in [2.75, 3.05) is 21.1 Å². The van der Waals surface area contributed by atoms with Gasteiger partial charge in [-0.3, -0.25) is 44.3 Å². The molecule has 3 aromatic carbocycles. The Morgan fingerprint density at radius 1 is 0.549 bits per heavy atom. The average molecular weight is 701 g/mol. The highest BCUT2D eigenvalue weighted by atomic mass is 16.2. The number of amides is 6. The van der Waals surface area contributed by atoms with Crippen molar-refractivity contribution >= 4 is 35.4 Å². The number of nitrogens with one attached hydrogen (secondary N) is 5. The molecule has 5 N–H and O–H groups in total. The number of imide groups is 2. The van der Waals surface area contributed by atoms with Crippen LogP contribution >= 0.6 is 0 Å². The summed E-state index contributed by atoms with van der Waals surface area (Å²) in [6.45, 7) is 6.95. The molecule has 0 bridgehead atoms. The van der Waals surface area contributed by atoms with Gasteiger partial charge in [0.15, 0.2) is 0 Å². The number of hydrogen-bond donors (Lipinski definition) is 5. The van der Waals surface area contributed by atoms with Crippen LogP contribution in [0.5, 0.6) is 0 Å². The first-order valence-corrected chi connectivity index (χ1v) is 16.9. The summed E-state index contributed by atoms with van der Waals surface area (Å²) < 4.78 is 0. The van der Waals surface area contributed by atoms with Crippen LogP contribution in [0, 0.1) is 5.92 Å². The van der Waals surface area contributed by atoms with Crippen LogP contribution in [0.4, 0.5) is 0 Å². The quantitative estimate of drug-likeness (QED) is 0.161. The normalized spacial score (nSPS) is 13.0. The van der Waals surface area contributed by atoms with E-state index in [0.717, 1.165) is 16.7 Å². The Balaban J connectivity index is 0.000000356. The molecule has 12 nitrogen and oxygen atoms in total. The van der Waals surface area contributed by atoms with Crippen LogP contribution in [-0.2, 0) is 48.0 Å². The highest BCUT2D eigenvalue weighted by Gasteiger charge is 2.28. The van der Waals surface area contributed by atoms with E-state index >= 15 is 0 Å². The Bertz CT molecular complexity index is 1560. The molecule has 0 aliphatic heterocycles. The SMILES string of the molecule is CC(C)[C@@H](C(=O)NC(=O)[C@H](C)NC(=O)Cc1ccccc1)N(C)C.CN[C@@H](Cc1ccccc1)C(=O)NC(=O)[C@H](C)NC(=O)Cc1ccccc1. The van der Waals surface area contributed by atoms with Gasteiger partial charge in [0.25, 0.3) is 0 Å². The monoisotopic (exact) mass is 700 g/mol. The van der Waals surface area contributed by atoms with Gasteiger partial charge in [0, 0.05) is 0 Å². The molecule has 0 unspecified atom stereocenters. The molecule has 3 rings (SSSR count). The number of rotatable bonds is 15. The van der Waals surface area contributed by atoms with Crippen LogP contribution in [-0.4, -0.2) is 85.7 Å². The van der Waals surface area contributed by atoms with Crippen LogP contribution in [0.1, 0.15) is 44.4 Å². The first kappa shape index (κ1) is 42.0. The second-order valence-corrected chi connectivity index (χ2v) is 12.8. The molecule has 0 saturated carbocycles. The third-order valence-electron chi connectivity index (χ3n) is 7.85. The zero-order chi connectivity index (χ0) is 37.9. The first-order chi connectivity index (χ1) is 24.2. The Morgan fingerprint density at radius 3 is 1.27 bits per heavy atom. The molecule has 51 heavy (non-hydrogen) atoms. The zero-order valence-electron chi connectivity index (χ0n) is 30.6. The maximum absolute atomic E-state index is 12.4. The highest BCUT2D eigenvalue weighted by molar-refractivity contribution is 6.02. The minimum absolute atomic E-state index is 0.0655. The number of carbonyl (C=O) groups excluding carboxylic acids is 6. The zero-order valence-corrected chi connectivity index (χ0v) is 30.6. The van der Waals surface area contributed by atoms with Crippen molar-refractivity contribution in [1.29, 1.82) is 0 Å². The van der Waals surface area contributed by atoms with Crippen molar-refractivity contribution in [3.8, 4) is 0 Å². The highest BCUT2D eigenvalue weighted by Crippen LogP contribution is 2.08. The smallest absolute Gasteiger partial charge is 0.248 e. The van der Waals surface area contributed by atoms with Crippen LogP contribution < -0.4 is 26.6 Å². The maximum Gasteiger partial charge on any atom is 0.248 e. The molecule has 12 heteroatoms. The summed E-state index contributed by atoms with van der Waals surface area (Å²) in [4.78, 5) is 74.8. The standard InChI is InChI=1S/C21H25N3O3.C18H27N3O3/c1-15(23-19(25)14-17-11-7-4-8-12-17)20(26)24-21(27)18(22-2)13-16-9-5-3-6-10-16;1-12(2)16(21(4)5)18(24)20-17(23)13(3)19-15(22)11-14-9-7-6-8-10-14/h3-12,15,18,22H,13-14H2,1-2H3,(H,23,25)(H,24,26,27);6-10,12-13,16H,11H2,1-5H3,(H,19,22)(H,20,23,24)/t15-,18-;13-,16-/m00/s1. The van der Waals surface area contributed by atoms with Crippen LogP contribution in [0.25, 0.3) is 0 Å². The predicted octanol–water partition coefficient (Wildman–Crippen LogP) is 2.17. The van der Waals surface area contributed by atoms with E-state index in [1.807, 2.05) is 105 Å². The summed E-state index contributed by atoms with van der Waals surface area (Å²) >= 11 is 0. The number of hydrogen-bond acceptors (Lipinski definition) is 8. The Labute approximate surface area is 301 Å². The van der Waals surface area contributed by atoms with Gasteiger partial charge in [0.2, 0.25) is 35.4 Å². The van der Waals surface area contributed by atoms with Gasteiger partial charge < -0.3 is 16.0 Å². The van der Waals surface area contributed by atoms with Gasteiger partial charge in [0.05, 0.1) is 24.9 Å². The Kier molecular flexibility index (Phi) is 17.9. The number of carbonyl (C=O) groups is 6. The largest absolute Gasteiger partial charge is 0.344 e. The van der Waals surface area contributed by atoms with E-state index in [1.54, 1.807) is 39.9 Å². The molecule has 0 radical (unpaired) electrons. The van der Waals surface area contributed by atoms with Gasteiger partial charge in [-0.25, -0.2) is 0 Å². The Morgan fingerprint density at radius 2 is 0.922 bits per heavy atom. The minimum atomic E-state index is -0.806. The number of benzene rings is 3. The molecule has 6 amide bonds. The van der Waals surface area contributed by atoms with E-state index in [1.165, 1.54) is 0 Å². The molecule has 0 aliphatic rings. The topological polar surface area (TPSA) is 166 Å². The van der Waals surface area contributed by atoms with Crippen molar-refractivity contribution in [2.45, 2.75) is 71.1 Å². The van der Waals surface area contributed by atoms with Crippen molar-refractivity contribution in [3.05, 3.63) is 108 Å². The summed E-state index contributed by atoms with van der Waals surface area (Å²) in [6.07, 6.45) is 0.837. The molecule has 3 aromatic rings. The molecule has 0 aromatic heterocycles. The summed E-state index contributed by atoms with van der Waals surface area (Å²) in [5.41, 5.74) is 2.71. The van der Waals surface area contributed by atoms with E-state index in [4.69, 9.17) is 0 Å². The van der Waals surface area contributed by atoms with Crippen molar-refractivity contribution in [1.82, 2.24) is 31.5 Å². The molecule has 0 heterocycles. The average Bonchev–Trinajstić information content (AvgIpc) is 3.08. The fourth-order valence-electron chi connectivity index (χ4n) is 5.21. The fourth-order valence-corrected chi connectivity index (χ4v) is 5.21. The second-order valence-electron chi connectivity index (χ2n) is 12.8.